The first-order valence-electron chi connectivity index (χ1n) is 22.8. The summed E-state index contributed by atoms with van der Waals surface area (Å²) in [5, 5.41) is 0. The van der Waals surface area contributed by atoms with Crippen molar-refractivity contribution in [2.45, 2.75) is 77.3 Å². The predicted molar refractivity (Wildman–Crippen MR) is 239 cm³/mol. The number of nitrogens with zero attached hydrogens (tertiary/aromatic N) is 3. The van der Waals surface area contributed by atoms with Crippen LogP contribution in [0.15, 0.2) is 27.8 Å². The molecule has 0 atom stereocenters. The Morgan fingerprint density at radius 1 is 0.635 bits per heavy atom. The number of rotatable bonds is 34. The van der Waals surface area contributed by atoms with Gasteiger partial charge in [0.1, 0.15) is 12.1 Å². The zero-order valence-electron chi connectivity index (χ0n) is 37.2. The quantitative estimate of drug-likeness (QED) is 0.0474. The SMILES string of the molecule is COCCOCCOCCOCCOCCOCCOCCOCCOCCOC(=O)/C=C/c1ccc(-c2nc3c([nH]2)c(=O)n(CC2CCCCC2)c(=O)n3CC2CCCCC2)s1. The topological polar surface area (TPSA) is 182 Å². The number of thiophene rings is 1. The van der Waals surface area contributed by atoms with E-state index in [9.17, 15) is 14.4 Å². The minimum absolute atomic E-state index is 0.114. The molecule has 63 heavy (non-hydrogen) atoms. The van der Waals surface area contributed by atoms with Crippen molar-refractivity contribution >= 4 is 34.5 Å². The summed E-state index contributed by atoms with van der Waals surface area (Å²) in [5.74, 6) is 0.784. The minimum Gasteiger partial charge on any atom is -0.460 e. The smallest absolute Gasteiger partial charge is 0.332 e. The summed E-state index contributed by atoms with van der Waals surface area (Å²) in [4.78, 5) is 49.8. The summed E-state index contributed by atoms with van der Waals surface area (Å²) < 4.78 is 57.1. The molecule has 5 rings (SSSR count). The number of hydrogen-bond donors (Lipinski definition) is 1. The van der Waals surface area contributed by atoms with Crippen LogP contribution in [0.25, 0.3) is 27.9 Å². The fourth-order valence-electron chi connectivity index (χ4n) is 7.62. The van der Waals surface area contributed by atoms with Gasteiger partial charge in [0.05, 0.1) is 117 Å². The highest BCUT2D eigenvalue weighted by Gasteiger charge is 2.24. The number of aromatic amines is 1. The lowest BCUT2D eigenvalue weighted by Gasteiger charge is -2.24. The molecule has 0 aliphatic heterocycles. The standard InChI is InChI=1S/C45H70N4O13S/c1-53-16-17-54-18-19-55-20-21-56-22-23-57-24-25-58-26-27-59-28-29-60-30-31-61-32-33-62-40(50)15-13-38-12-14-39(63-38)42-46-41-43(47-42)48(34-36-8-4-2-5-9-36)45(52)49(44(41)51)35-37-10-6-3-7-11-37/h12-15,36-37H,2-11,16-35H2,1H3,(H,46,47)/b15-13+. The number of carbonyl (C=O) groups excluding carboxylic acids is 1. The summed E-state index contributed by atoms with van der Waals surface area (Å²) in [6, 6.07) is 3.78. The van der Waals surface area contributed by atoms with Crippen LogP contribution in [0.4, 0.5) is 0 Å². The van der Waals surface area contributed by atoms with Crippen molar-refractivity contribution in [2.75, 3.05) is 126 Å². The molecule has 3 aromatic rings. The Kier molecular flexibility index (Phi) is 24.8. The van der Waals surface area contributed by atoms with Crippen LogP contribution in [-0.4, -0.2) is 151 Å². The molecule has 18 heteroatoms. The van der Waals surface area contributed by atoms with Crippen LogP contribution in [0, 0.1) is 11.8 Å². The number of hydrogen-bond acceptors (Lipinski definition) is 15. The second-order valence-corrected chi connectivity index (χ2v) is 16.8. The number of nitrogens with one attached hydrogen (secondary N) is 1. The van der Waals surface area contributed by atoms with Gasteiger partial charge in [-0.25, -0.2) is 14.6 Å². The third-order valence-corrected chi connectivity index (χ3v) is 12.0. The maximum Gasteiger partial charge on any atom is 0.332 e. The molecular formula is C45H70N4O13S. The molecular weight excluding hydrogens is 837 g/mol. The van der Waals surface area contributed by atoms with Crippen molar-refractivity contribution in [1.29, 1.82) is 0 Å². The van der Waals surface area contributed by atoms with E-state index in [1.807, 2.05) is 12.1 Å². The summed E-state index contributed by atoms with van der Waals surface area (Å²) in [7, 11) is 1.64. The first-order chi connectivity index (χ1) is 31.0. The predicted octanol–water partition coefficient (Wildman–Crippen LogP) is 5.11. The van der Waals surface area contributed by atoms with Crippen LogP contribution in [0.3, 0.4) is 0 Å². The molecule has 2 saturated carbocycles. The molecule has 0 bridgehead atoms. The molecule has 2 aliphatic carbocycles. The number of ether oxygens (including phenoxy) is 10. The zero-order valence-corrected chi connectivity index (χ0v) is 38.1. The van der Waals surface area contributed by atoms with Crippen molar-refractivity contribution in [3.8, 4) is 10.7 Å². The van der Waals surface area contributed by atoms with Gasteiger partial charge in [0.15, 0.2) is 11.5 Å². The molecule has 0 saturated heterocycles. The lowest BCUT2D eigenvalue weighted by atomic mass is 9.89. The fraction of sp³-hybridized carbons (Fsp3) is 0.733. The maximum atomic E-state index is 13.9. The zero-order chi connectivity index (χ0) is 44.2. The number of imidazole rings is 1. The van der Waals surface area contributed by atoms with Gasteiger partial charge in [0, 0.05) is 31.2 Å². The van der Waals surface area contributed by atoms with Crippen LogP contribution in [0.1, 0.15) is 69.1 Å². The van der Waals surface area contributed by atoms with Gasteiger partial charge in [-0.3, -0.25) is 13.9 Å². The van der Waals surface area contributed by atoms with Crippen molar-refractivity contribution < 1.29 is 52.2 Å². The Bertz CT molecular complexity index is 1850. The van der Waals surface area contributed by atoms with Crippen LogP contribution in [0.2, 0.25) is 0 Å². The fourth-order valence-corrected chi connectivity index (χ4v) is 8.47. The van der Waals surface area contributed by atoms with Crippen molar-refractivity contribution in [3.05, 3.63) is 43.9 Å². The number of methoxy groups -OCH3 is 1. The molecule has 0 radical (unpaired) electrons. The first kappa shape index (κ1) is 50.7. The highest BCUT2D eigenvalue weighted by molar-refractivity contribution is 7.16. The Morgan fingerprint density at radius 2 is 1.08 bits per heavy atom. The average molecular weight is 907 g/mol. The van der Waals surface area contributed by atoms with E-state index in [-0.39, 0.29) is 24.5 Å². The van der Waals surface area contributed by atoms with Gasteiger partial charge < -0.3 is 52.4 Å². The molecule has 3 heterocycles. The van der Waals surface area contributed by atoms with Crippen LogP contribution < -0.4 is 11.2 Å². The van der Waals surface area contributed by atoms with Crippen LogP contribution in [0.5, 0.6) is 0 Å². The highest BCUT2D eigenvalue weighted by atomic mass is 32.1. The number of aromatic nitrogens is 4. The van der Waals surface area contributed by atoms with Gasteiger partial charge in [-0.2, -0.15) is 0 Å². The first-order valence-corrected chi connectivity index (χ1v) is 23.6. The summed E-state index contributed by atoms with van der Waals surface area (Å²) in [5.41, 5.74) is 0.247. The van der Waals surface area contributed by atoms with Gasteiger partial charge in [0.2, 0.25) is 0 Å². The molecule has 0 amide bonds. The van der Waals surface area contributed by atoms with E-state index < -0.39 is 5.97 Å². The van der Waals surface area contributed by atoms with Crippen LogP contribution >= 0.6 is 11.3 Å². The Hall–Kier alpha value is -3.30. The molecule has 0 aromatic carbocycles. The van der Waals surface area contributed by atoms with Crippen molar-refractivity contribution in [1.82, 2.24) is 19.1 Å². The monoisotopic (exact) mass is 906 g/mol. The Morgan fingerprint density at radius 3 is 1.56 bits per heavy atom. The number of esters is 1. The van der Waals surface area contributed by atoms with Crippen molar-refractivity contribution in [3.63, 3.8) is 0 Å². The Balaban J connectivity index is 0.887. The van der Waals surface area contributed by atoms with Gasteiger partial charge in [-0.15, -0.1) is 11.3 Å². The highest BCUT2D eigenvalue weighted by Crippen LogP contribution is 2.30. The maximum absolute atomic E-state index is 13.9. The molecule has 0 unspecified atom stereocenters. The van der Waals surface area contributed by atoms with Gasteiger partial charge in [0.25, 0.3) is 5.56 Å². The van der Waals surface area contributed by atoms with Gasteiger partial charge >= 0.3 is 11.7 Å². The molecule has 3 aromatic heterocycles. The third kappa shape index (κ3) is 19.0. The number of carbonyl (C=O) groups is 1. The van der Waals surface area contributed by atoms with E-state index in [0.29, 0.717) is 148 Å². The van der Waals surface area contributed by atoms with Crippen LogP contribution in [-0.2, 0) is 65.3 Å². The summed E-state index contributed by atoms with van der Waals surface area (Å²) in [6.07, 6.45) is 14.4. The van der Waals surface area contributed by atoms with E-state index in [2.05, 4.69) is 4.98 Å². The second-order valence-electron chi connectivity index (χ2n) is 15.7. The largest absolute Gasteiger partial charge is 0.460 e. The second kappa shape index (κ2) is 30.8. The molecule has 17 nitrogen and oxygen atoms in total. The van der Waals surface area contributed by atoms with Crippen molar-refractivity contribution in [2.24, 2.45) is 11.8 Å². The van der Waals surface area contributed by atoms with E-state index in [4.69, 9.17) is 52.4 Å². The molecule has 2 fully saturated rings. The lowest BCUT2D eigenvalue weighted by molar-refractivity contribution is -0.139. The molecule has 354 valence electrons. The molecule has 1 N–H and O–H groups in total. The lowest BCUT2D eigenvalue weighted by Crippen LogP contribution is -2.42. The van der Waals surface area contributed by atoms with E-state index in [1.54, 1.807) is 17.8 Å². The summed E-state index contributed by atoms with van der Waals surface area (Å²) >= 11 is 1.43. The van der Waals surface area contributed by atoms with E-state index in [0.717, 1.165) is 61.1 Å². The summed E-state index contributed by atoms with van der Waals surface area (Å²) in [6.45, 7) is 9.16. The minimum atomic E-state index is -0.480. The Labute approximate surface area is 374 Å². The molecule has 0 spiro atoms. The van der Waals surface area contributed by atoms with Gasteiger partial charge in [-0.1, -0.05) is 38.5 Å². The molecule has 2 aliphatic rings. The normalized spacial score (nSPS) is 15.3. The number of fused-ring (bicyclic) bond motifs is 1. The van der Waals surface area contributed by atoms with E-state index in [1.165, 1.54) is 34.8 Å². The average Bonchev–Trinajstić information content (AvgIpc) is 3.97. The number of H-pyrrole nitrogens is 1. The van der Waals surface area contributed by atoms with E-state index >= 15 is 0 Å². The van der Waals surface area contributed by atoms with Gasteiger partial charge in [-0.05, 0) is 55.7 Å². The third-order valence-electron chi connectivity index (χ3n) is 10.9.